The van der Waals surface area contributed by atoms with Gasteiger partial charge in [-0.2, -0.15) is 4.98 Å². The molecule has 2 aromatic heterocycles. The van der Waals surface area contributed by atoms with E-state index in [9.17, 15) is 4.79 Å². The van der Waals surface area contributed by atoms with E-state index in [0.29, 0.717) is 56.7 Å². The minimum Gasteiger partial charge on any atom is -0.369 e. The predicted molar refractivity (Wildman–Crippen MR) is 129 cm³/mol. The lowest BCUT2D eigenvalue weighted by atomic mass is 9.85. The van der Waals surface area contributed by atoms with E-state index in [1.54, 1.807) is 18.3 Å². The summed E-state index contributed by atoms with van der Waals surface area (Å²) in [6.07, 6.45) is 4.65. The Morgan fingerprint density at radius 2 is 1.78 bits per heavy atom. The second-order valence-electron chi connectivity index (χ2n) is 8.28. The maximum absolute atomic E-state index is 11.6. The number of nitrogens with zero attached hydrogens (tertiary/aromatic N) is 4. The number of hydrogen-bond donors (Lipinski definition) is 3. The van der Waals surface area contributed by atoms with Gasteiger partial charge in [0, 0.05) is 23.0 Å². The van der Waals surface area contributed by atoms with Gasteiger partial charge >= 0.3 is 0 Å². The second kappa shape index (κ2) is 9.29. The van der Waals surface area contributed by atoms with Crippen LogP contribution in [0.3, 0.4) is 0 Å². The average Bonchev–Trinajstić information content (AvgIpc) is 3.07. The van der Waals surface area contributed by atoms with Gasteiger partial charge in [0.25, 0.3) is 0 Å². The summed E-state index contributed by atoms with van der Waals surface area (Å²) in [5.41, 5.74) is 7.36. The van der Waals surface area contributed by atoms with E-state index in [4.69, 9.17) is 50.5 Å². The Labute approximate surface area is 200 Å². The van der Waals surface area contributed by atoms with Crippen molar-refractivity contribution < 1.29 is 4.79 Å². The smallest absolute Gasteiger partial charge is 0.224 e. The molecule has 1 aliphatic carbocycles. The molecule has 0 unspecified atom stereocenters. The van der Waals surface area contributed by atoms with Gasteiger partial charge in [-0.3, -0.25) is 9.36 Å². The molecule has 0 aliphatic heterocycles. The van der Waals surface area contributed by atoms with Gasteiger partial charge in [0.2, 0.25) is 17.8 Å². The maximum Gasteiger partial charge on any atom is 0.224 e. The Bertz CT molecular complexity index is 1130. The van der Waals surface area contributed by atoms with Crippen LogP contribution in [0.5, 0.6) is 0 Å². The fourth-order valence-corrected chi connectivity index (χ4v) is 4.96. The van der Waals surface area contributed by atoms with E-state index in [1.165, 1.54) is 0 Å². The first kappa shape index (κ1) is 22.9. The van der Waals surface area contributed by atoms with Gasteiger partial charge < -0.3 is 16.4 Å². The molecule has 0 radical (unpaired) electrons. The van der Waals surface area contributed by atoms with Crippen molar-refractivity contribution >= 4 is 69.5 Å². The third kappa shape index (κ3) is 4.72. The summed E-state index contributed by atoms with van der Waals surface area (Å²) in [5, 5.41) is 7.70. The first-order valence-electron chi connectivity index (χ1n) is 10.4. The number of primary amides is 1. The molecule has 3 aromatic rings. The number of aromatic nitrogens is 4. The lowest BCUT2D eigenvalue weighted by Crippen LogP contribution is -2.28. The van der Waals surface area contributed by atoms with Crippen molar-refractivity contribution in [2.24, 2.45) is 11.7 Å². The summed E-state index contributed by atoms with van der Waals surface area (Å²) in [6, 6.07) is 3.49. The van der Waals surface area contributed by atoms with E-state index < -0.39 is 0 Å². The Hall–Kier alpha value is -2.29. The van der Waals surface area contributed by atoms with Crippen LogP contribution in [-0.2, 0) is 4.79 Å². The normalized spacial score (nSPS) is 18.8. The molecule has 2 heterocycles. The summed E-state index contributed by atoms with van der Waals surface area (Å²) in [7, 11) is 0. The van der Waals surface area contributed by atoms with Gasteiger partial charge in [0.1, 0.15) is 5.52 Å². The Morgan fingerprint density at radius 3 is 2.38 bits per heavy atom. The maximum atomic E-state index is 11.6. The number of nitrogens with two attached hydrogens (primary N) is 1. The van der Waals surface area contributed by atoms with E-state index in [0.717, 1.165) is 12.8 Å². The highest BCUT2D eigenvalue weighted by Crippen LogP contribution is 2.40. The van der Waals surface area contributed by atoms with Crippen molar-refractivity contribution in [3.63, 3.8) is 0 Å². The van der Waals surface area contributed by atoms with Crippen LogP contribution < -0.4 is 16.4 Å². The molecule has 1 aliphatic rings. The highest BCUT2D eigenvalue weighted by Gasteiger charge is 2.29. The summed E-state index contributed by atoms with van der Waals surface area (Å²) < 4.78 is 2.04. The number of imidazole rings is 1. The molecule has 0 bridgehead atoms. The summed E-state index contributed by atoms with van der Waals surface area (Å²) in [5.74, 6) is 0.714. The minimum atomic E-state index is -0.247. The van der Waals surface area contributed by atoms with Crippen LogP contribution in [0.1, 0.15) is 45.6 Å². The quantitative estimate of drug-likeness (QED) is 0.411. The standard InChI is InChI=1S/C21H24Cl3N7O/c1-10(2)27-20-26-9-16-19(30-20)31(13-5-3-11(4-6-13)18(25)32)21(28-16)29-17-14(23)7-12(22)8-15(17)24/h7-11,13H,3-6H2,1-2H3,(H2,25,32)(H,28,29)(H,26,27,30). The van der Waals surface area contributed by atoms with Crippen LogP contribution >= 0.6 is 34.8 Å². The first-order valence-corrected chi connectivity index (χ1v) is 11.6. The second-order valence-corrected chi connectivity index (χ2v) is 9.53. The van der Waals surface area contributed by atoms with Gasteiger partial charge in [-0.25, -0.2) is 9.97 Å². The number of hydrogen-bond acceptors (Lipinski definition) is 6. The van der Waals surface area contributed by atoms with E-state index in [2.05, 4.69) is 15.6 Å². The summed E-state index contributed by atoms with van der Waals surface area (Å²) in [6.45, 7) is 4.04. The molecule has 0 saturated heterocycles. The summed E-state index contributed by atoms with van der Waals surface area (Å²) >= 11 is 18.9. The SMILES string of the molecule is CC(C)Nc1ncc2nc(Nc3c(Cl)cc(Cl)cc3Cl)n(C3CCC(C(N)=O)CC3)c2n1. The van der Waals surface area contributed by atoms with Gasteiger partial charge in [-0.1, -0.05) is 34.8 Å². The largest absolute Gasteiger partial charge is 0.369 e. The number of benzene rings is 1. The molecule has 11 heteroatoms. The minimum absolute atomic E-state index is 0.0738. The molecule has 32 heavy (non-hydrogen) atoms. The fourth-order valence-electron chi connectivity index (χ4n) is 4.04. The van der Waals surface area contributed by atoms with Gasteiger partial charge in [0.15, 0.2) is 5.65 Å². The Balaban J connectivity index is 1.78. The lowest BCUT2D eigenvalue weighted by Gasteiger charge is -2.29. The van der Waals surface area contributed by atoms with E-state index in [-0.39, 0.29) is 23.9 Å². The molecule has 1 aromatic carbocycles. The number of carbonyl (C=O) groups excluding carboxylic acids is 1. The molecule has 1 amide bonds. The average molecular weight is 497 g/mol. The highest BCUT2D eigenvalue weighted by atomic mass is 35.5. The summed E-state index contributed by atoms with van der Waals surface area (Å²) in [4.78, 5) is 25.5. The molecule has 0 atom stereocenters. The van der Waals surface area contributed by atoms with E-state index >= 15 is 0 Å². The van der Waals surface area contributed by atoms with Crippen LogP contribution in [0.2, 0.25) is 15.1 Å². The zero-order valence-corrected chi connectivity index (χ0v) is 20.0. The van der Waals surface area contributed by atoms with Crippen molar-refractivity contribution in [1.82, 2.24) is 19.5 Å². The molecular formula is C21H24Cl3N7O. The molecule has 1 fully saturated rings. The van der Waals surface area contributed by atoms with E-state index in [1.807, 2.05) is 18.4 Å². The number of rotatable bonds is 6. The number of amides is 1. The lowest BCUT2D eigenvalue weighted by molar-refractivity contribution is -0.122. The number of carbonyl (C=O) groups is 1. The molecule has 170 valence electrons. The first-order chi connectivity index (χ1) is 15.2. The van der Waals surface area contributed by atoms with Crippen molar-refractivity contribution in [2.75, 3.05) is 10.6 Å². The fraction of sp³-hybridized carbons (Fsp3) is 0.429. The van der Waals surface area contributed by atoms with Gasteiger partial charge in [-0.15, -0.1) is 0 Å². The van der Waals surface area contributed by atoms with Crippen LogP contribution in [0, 0.1) is 5.92 Å². The zero-order chi connectivity index (χ0) is 23.0. The molecule has 4 N–H and O–H groups in total. The number of anilines is 3. The monoisotopic (exact) mass is 495 g/mol. The molecular weight excluding hydrogens is 473 g/mol. The van der Waals surface area contributed by atoms with Gasteiger partial charge in [-0.05, 0) is 51.7 Å². The highest BCUT2D eigenvalue weighted by molar-refractivity contribution is 6.41. The number of halogens is 3. The van der Waals surface area contributed by atoms with Crippen molar-refractivity contribution in [3.05, 3.63) is 33.4 Å². The predicted octanol–water partition coefficient (Wildman–Crippen LogP) is 5.57. The van der Waals surface area contributed by atoms with Crippen LogP contribution in [-0.4, -0.2) is 31.5 Å². The molecule has 0 spiro atoms. The zero-order valence-electron chi connectivity index (χ0n) is 17.7. The molecule has 4 rings (SSSR count). The Morgan fingerprint density at radius 1 is 1.12 bits per heavy atom. The number of nitrogens with one attached hydrogen (secondary N) is 2. The van der Waals surface area contributed by atoms with Crippen molar-refractivity contribution in [1.29, 1.82) is 0 Å². The van der Waals surface area contributed by atoms with Crippen LogP contribution in [0.25, 0.3) is 11.2 Å². The van der Waals surface area contributed by atoms with Crippen LogP contribution in [0.4, 0.5) is 17.6 Å². The topological polar surface area (TPSA) is 111 Å². The van der Waals surface area contributed by atoms with Crippen LogP contribution in [0.15, 0.2) is 18.3 Å². The molecule has 8 nitrogen and oxygen atoms in total. The number of fused-ring (bicyclic) bond motifs is 1. The third-order valence-corrected chi connectivity index (χ3v) is 6.37. The van der Waals surface area contributed by atoms with Gasteiger partial charge in [0.05, 0.1) is 21.9 Å². The third-order valence-electron chi connectivity index (χ3n) is 5.56. The van der Waals surface area contributed by atoms with Crippen molar-refractivity contribution in [3.8, 4) is 0 Å². The van der Waals surface area contributed by atoms with Crippen molar-refractivity contribution in [2.45, 2.75) is 51.6 Å². The molecule has 1 saturated carbocycles. The Kier molecular flexibility index (Phi) is 6.65.